The molecule has 0 unspecified atom stereocenters. The van der Waals surface area contributed by atoms with Crippen molar-refractivity contribution in [1.29, 1.82) is 0 Å². The number of para-hydroxylation sites is 3. The minimum atomic E-state index is 0.888. The van der Waals surface area contributed by atoms with Crippen LogP contribution in [0.4, 0.5) is 0 Å². The number of hydrogen-bond acceptors (Lipinski definition) is 1. The van der Waals surface area contributed by atoms with Crippen molar-refractivity contribution in [2.75, 3.05) is 0 Å². The van der Waals surface area contributed by atoms with E-state index in [0.29, 0.717) is 0 Å². The number of benzene rings is 10. The Morgan fingerprint density at radius 3 is 1.64 bits per heavy atom. The molecule has 0 aliphatic rings. The lowest BCUT2D eigenvalue weighted by molar-refractivity contribution is 0.670. The Labute approximate surface area is 323 Å². The van der Waals surface area contributed by atoms with Gasteiger partial charge in [0.25, 0.3) is 0 Å². The molecule has 0 atom stereocenters. The van der Waals surface area contributed by atoms with Crippen molar-refractivity contribution >= 4 is 76.1 Å². The van der Waals surface area contributed by atoms with Crippen LogP contribution < -0.4 is 0 Å². The van der Waals surface area contributed by atoms with Crippen LogP contribution in [0.15, 0.2) is 205 Å². The van der Waals surface area contributed by atoms with E-state index in [2.05, 4.69) is 205 Å². The van der Waals surface area contributed by atoms with Crippen molar-refractivity contribution < 1.29 is 4.42 Å². The highest BCUT2D eigenvalue weighted by Crippen LogP contribution is 2.49. The van der Waals surface area contributed by atoms with Gasteiger partial charge in [0.05, 0.1) is 11.0 Å². The second kappa shape index (κ2) is 12.0. The third kappa shape index (κ3) is 4.44. The summed E-state index contributed by atoms with van der Waals surface area (Å²) in [6.07, 6.45) is 0. The largest absolute Gasteiger partial charge is 0.455 e. The highest BCUT2D eigenvalue weighted by atomic mass is 16.3. The average molecular weight is 712 g/mol. The molecule has 12 aromatic rings. The first kappa shape index (κ1) is 31.0. The SMILES string of the molecule is c1ccc(-n2c3ccccc3c3cc(-c4ccc(-c5c6ccccc6c(-c6cccc7ccccc67)c6ccccc56)c5c4oc4ccccc45)ccc32)cc1. The van der Waals surface area contributed by atoms with E-state index in [1.54, 1.807) is 0 Å². The Morgan fingerprint density at radius 1 is 0.339 bits per heavy atom. The molecule has 2 heteroatoms. The van der Waals surface area contributed by atoms with Gasteiger partial charge in [-0.1, -0.05) is 158 Å². The summed E-state index contributed by atoms with van der Waals surface area (Å²) in [4.78, 5) is 0. The molecule has 0 amide bonds. The van der Waals surface area contributed by atoms with E-state index in [1.165, 1.54) is 76.4 Å². The fourth-order valence-electron chi connectivity index (χ4n) is 9.41. The van der Waals surface area contributed by atoms with Gasteiger partial charge in [-0.15, -0.1) is 0 Å². The van der Waals surface area contributed by atoms with Gasteiger partial charge in [0.2, 0.25) is 0 Å². The number of nitrogens with zero attached hydrogens (tertiary/aromatic N) is 1. The zero-order valence-corrected chi connectivity index (χ0v) is 30.4. The maximum atomic E-state index is 6.93. The van der Waals surface area contributed by atoms with Gasteiger partial charge in [-0.05, 0) is 103 Å². The third-order valence-corrected chi connectivity index (χ3v) is 11.8. The normalized spacial score (nSPS) is 11.9. The Morgan fingerprint density at radius 2 is 0.893 bits per heavy atom. The summed E-state index contributed by atoms with van der Waals surface area (Å²) in [5.41, 5.74) is 12.5. The molecule has 2 nitrogen and oxygen atoms in total. The smallest absolute Gasteiger partial charge is 0.143 e. The molecule has 0 radical (unpaired) electrons. The Kier molecular flexibility index (Phi) is 6.66. The highest BCUT2D eigenvalue weighted by Gasteiger charge is 2.23. The van der Waals surface area contributed by atoms with Gasteiger partial charge in [-0.3, -0.25) is 0 Å². The summed E-state index contributed by atoms with van der Waals surface area (Å²) < 4.78 is 9.30. The van der Waals surface area contributed by atoms with Crippen molar-refractivity contribution in [2.45, 2.75) is 0 Å². The van der Waals surface area contributed by atoms with Crippen LogP contribution in [0, 0.1) is 0 Å². The molecule has 0 saturated heterocycles. The van der Waals surface area contributed by atoms with Crippen LogP contribution in [0.3, 0.4) is 0 Å². The molecule has 0 fully saturated rings. The zero-order chi connectivity index (χ0) is 36.7. The molecule has 12 rings (SSSR count). The van der Waals surface area contributed by atoms with E-state index in [4.69, 9.17) is 4.42 Å². The Balaban J connectivity index is 1.15. The first-order valence-electron chi connectivity index (χ1n) is 19.3. The van der Waals surface area contributed by atoms with Gasteiger partial charge in [0, 0.05) is 32.8 Å². The monoisotopic (exact) mass is 711 g/mol. The van der Waals surface area contributed by atoms with E-state index in [0.717, 1.165) is 38.8 Å². The van der Waals surface area contributed by atoms with E-state index < -0.39 is 0 Å². The lowest BCUT2D eigenvalue weighted by Crippen LogP contribution is -1.93. The number of fused-ring (bicyclic) bond motifs is 9. The number of aromatic nitrogens is 1. The molecule has 2 aromatic heterocycles. The maximum Gasteiger partial charge on any atom is 0.143 e. The van der Waals surface area contributed by atoms with Crippen molar-refractivity contribution in [3.05, 3.63) is 200 Å². The van der Waals surface area contributed by atoms with Gasteiger partial charge < -0.3 is 8.98 Å². The van der Waals surface area contributed by atoms with E-state index in [9.17, 15) is 0 Å². The van der Waals surface area contributed by atoms with Crippen LogP contribution in [0.1, 0.15) is 0 Å². The molecule has 0 N–H and O–H groups in total. The molecule has 0 bridgehead atoms. The highest BCUT2D eigenvalue weighted by molar-refractivity contribution is 6.28. The van der Waals surface area contributed by atoms with Gasteiger partial charge in [0.15, 0.2) is 0 Å². The summed E-state index contributed by atoms with van der Waals surface area (Å²) in [7, 11) is 0. The van der Waals surface area contributed by atoms with E-state index >= 15 is 0 Å². The fraction of sp³-hybridized carbons (Fsp3) is 0. The molecular formula is C54H33NO. The third-order valence-electron chi connectivity index (χ3n) is 11.8. The van der Waals surface area contributed by atoms with Crippen LogP contribution in [0.2, 0.25) is 0 Å². The topological polar surface area (TPSA) is 18.1 Å². The molecule has 260 valence electrons. The number of hydrogen-bond donors (Lipinski definition) is 0. The van der Waals surface area contributed by atoms with Gasteiger partial charge in [-0.2, -0.15) is 0 Å². The molecule has 0 saturated carbocycles. The molecule has 2 heterocycles. The van der Waals surface area contributed by atoms with Crippen LogP contribution in [-0.4, -0.2) is 4.57 Å². The second-order valence-electron chi connectivity index (χ2n) is 14.8. The average Bonchev–Trinajstić information content (AvgIpc) is 3.82. The maximum absolute atomic E-state index is 6.93. The summed E-state index contributed by atoms with van der Waals surface area (Å²) in [5.74, 6) is 0. The number of furan rings is 1. The van der Waals surface area contributed by atoms with Crippen molar-refractivity contribution in [2.24, 2.45) is 0 Å². The Bertz CT molecular complexity index is 3470. The predicted octanol–water partition coefficient (Wildman–Crippen LogP) is 15.1. The summed E-state index contributed by atoms with van der Waals surface area (Å²) >= 11 is 0. The summed E-state index contributed by atoms with van der Waals surface area (Å²) in [6, 6.07) is 72.6. The van der Waals surface area contributed by atoms with E-state index in [-0.39, 0.29) is 0 Å². The van der Waals surface area contributed by atoms with Crippen LogP contribution in [0.5, 0.6) is 0 Å². The summed E-state index contributed by atoms with van der Waals surface area (Å²) in [5, 5.41) is 12.1. The molecule has 0 aliphatic heterocycles. The zero-order valence-electron chi connectivity index (χ0n) is 30.4. The Hall–Kier alpha value is -7.42. The minimum absolute atomic E-state index is 0.888. The molecule has 10 aromatic carbocycles. The van der Waals surface area contributed by atoms with Gasteiger partial charge in [-0.25, -0.2) is 0 Å². The van der Waals surface area contributed by atoms with Crippen molar-refractivity contribution in [1.82, 2.24) is 4.57 Å². The van der Waals surface area contributed by atoms with Crippen molar-refractivity contribution in [3.8, 4) is 39.1 Å². The molecular weight excluding hydrogens is 679 g/mol. The van der Waals surface area contributed by atoms with Crippen molar-refractivity contribution in [3.63, 3.8) is 0 Å². The van der Waals surface area contributed by atoms with Crippen LogP contribution >= 0.6 is 0 Å². The molecule has 0 spiro atoms. The lowest BCUT2D eigenvalue weighted by Gasteiger charge is -2.19. The van der Waals surface area contributed by atoms with E-state index in [1.807, 2.05) is 0 Å². The molecule has 0 aliphatic carbocycles. The minimum Gasteiger partial charge on any atom is -0.455 e. The molecule has 56 heavy (non-hydrogen) atoms. The first-order chi connectivity index (χ1) is 27.8. The van der Waals surface area contributed by atoms with Crippen LogP contribution in [-0.2, 0) is 0 Å². The predicted molar refractivity (Wildman–Crippen MR) is 237 cm³/mol. The first-order valence-corrected chi connectivity index (χ1v) is 19.3. The quantitative estimate of drug-likeness (QED) is 0.166. The van der Waals surface area contributed by atoms with Gasteiger partial charge >= 0.3 is 0 Å². The fourth-order valence-corrected chi connectivity index (χ4v) is 9.41. The lowest BCUT2D eigenvalue weighted by atomic mass is 9.83. The van der Waals surface area contributed by atoms with Gasteiger partial charge in [0.1, 0.15) is 11.2 Å². The second-order valence-corrected chi connectivity index (χ2v) is 14.8. The van der Waals surface area contributed by atoms with Crippen LogP contribution in [0.25, 0.3) is 115 Å². The standard InChI is InChI=1S/C54H33NO/c1-2-17-36(18-3-1)55-48-27-12-10-20-39(48)47-33-35(29-32-49(47)55)38-30-31-46(53-45-25-11-13-28-50(45)56-54(38)53)52-43-23-8-6-21-41(43)51(42-22-7-9-24-44(42)52)40-26-14-16-34-15-4-5-19-37(34)40/h1-33H. The summed E-state index contributed by atoms with van der Waals surface area (Å²) in [6.45, 7) is 0. The number of rotatable bonds is 4.